The number of carboxylic acids is 1. The van der Waals surface area contributed by atoms with Gasteiger partial charge in [0.15, 0.2) is 0 Å². The minimum absolute atomic E-state index is 0.173. The second-order valence-corrected chi connectivity index (χ2v) is 7.81. The van der Waals surface area contributed by atoms with Crippen LogP contribution in [0.3, 0.4) is 0 Å². The van der Waals surface area contributed by atoms with Gasteiger partial charge in [0.25, 0.3) is 10.2 Å². The fourth-order valence-electron chi connectivity index (χ4n) is 1.76. The molecule has 0 saturated heterocycles. The molecule has 0 unspecified atom stereocenters. The lowest BCUT2D eigenvalue weighted by Gasteiger charge is -2.29. The number of benzene rings is 1. The minimum Gasteiger partial charge on any atom is -0.480 e. The van der Waals surface area contributed by atoms with Crippen LogP contribution in [-0.4, -0.2) is 36.9 Å². The second kappa shape index (κ2) is 6.55. The van der Waals surface area contributed by atoms with E-state index in [1.54, 1.807) is 20.8 Å². The summed E-state index contributed by atoms with van der Waals surface area (Å²) in [6.45, 7) is 5.19. The maximum absolute atomic E-state index is 12.2. The molecule has 0 aliphatic heterocycles. The van der Waals surface area contributed by atoms with Crippen LogP contribution in [0.15, 0.2) is 30.3 Å². The summed E-state index contributed by atoms with van der Waals surface area (Å²) in [5.41, 5.74) is 0.0972. The Balaban J connectivity index is 2.87. The van der Waals surface area contributed by atoms with Crippen molar-refractivity contribution in [1.82, 2.24) is 9.03 Å². The van der Waals surface area contributed by atoms with E-state index in [2.05, 4.69) is 4.72 Å². The number of hydrogen-bond acceptors (Lipinski definition) is 3. The van der Waals surface area contributed by atoms with E-state index in [9.17, 15) is 18.3 Å². The number of nitrogens with zero attached hydrogens (tertiary/aromatic N) is 1. The molecular weight excluding hydrogens is 292 g/mol. The zero-order chi connectivity index (χ0) is 16.3. The summed E-state index contributed by atoms with van der Waals surface area (Å²) in [7, 11) is -2.47. The highest BCUT2D eigenvalue weighted by molar-refractivity contribution is 7.87. The number of carbonyl (C=O) groups is 1. The Kier molecular flexibility index (Phi) is 5.49. The Hall–Kier alpha value is -1.44. The molecule has 6 nitrogen and oxygen atoms in total. The van der Waals surface area contributed by atoms with Gasteiger partial charge in [0.2, 0.25) is 0 Å². The molecule has 0 fully saturated rings. The van der Waals surface area contributed by atoms with Crippen LogP contribution in [0.4, 0.5) is 0 Å². The highest BCUT2D eigenvalue weighted by Gasteiger charge is 2.36. The Bertz CT molecular complexity index is 579. The van der Waals surface area contributed by atoms with Crippen molar-refractivity contribution in [3.63, 3.8) is 0 Å². The average Bonchev–Trinajstić information content (AvgIpc) is 2.35. The fourth-order valence-corrected chi connectivity index (χ4v) is 3.01. The molecule has 0 aliphatic carbocycles. The van der Waals surface area contributed by atoms with E-state index in [-0.39, 0.29) is 6.54 Å². The smallest absolute Gasteiger partial charge is 0.322 e. The third-order valence-electron chi connectivity index (χ3n) is 3.04. The largest absolute Gasteiger partial charge is 0.480 e. The summed E-state index contributed by atoms with van der Waals surface area (Å²) in [5.74, 6) is -1.20. The number of rotatable bonds is 6. The van der Waals surface area contributed by atoms with Gasteiger partial charge in [0, 0.05) is 13.6 Å². The lowest BCUT2D eigenvalue weighted by Crippen LogP contribution is -2.52. The Morgan fingerprint density at radius 2 is 1.81 bits per heavy atom. The SMILES string of the molecule is CN(Cc1ccccc1)S(=O)(=O)N[C@@H](C(=O)O)C(C)(C)C. The van der Waals surface area contributed by atoms with Gasteiger partial charge in [-0.2, -0.15) is 17.4 Å². The van der Waals surface area contributed by atoms with E-state index >= 15 is 0 Å². The molecule has 0 aliphatic rings. The van der Waals surface area contributed by atoms with Crippen LogP contribution in [-0.2, 0) is 21.5 Å². The first-order chi connectivity index (χ1) is 9.54. The number of carboxylic acid groups (broad SMARTS) is 1. The van der Waals surface area contributed by atoms with Crippen molar-refractivity contribution < 1.29 is 18.3 Å². The molecule has 0 radical (unpaired) electrons. The number of nitrogens with one attached hydrogen (secondary N) is 1. The van der Waals surface area contributed by atoms with Gasteiger partial charge in [-0.1, -0.05) is 51.1 Å². The summed E-state index contributed by atoms with van der Waals surface area (Å²) < 4.78 is 27.8. The second-order valence-electron chi connectivity index (χ2n) is 6.00. The van der Waals surface area contributed by atoms with E-state index in [1.165, 1.54) is 7.05 Å². The van der Waals surface area contributed by atoms with Crippen LogP contribution < -0.4 is 4.72 Å². The molecular formula is C14H22N2O4S. The van der Waals surface area contributed by atoms with Crippen LogP contribution in [0.25, 0.3) is 0 Å². The van der Waals surface area contributed by atoms with E-state index in [1.807, 2.05) is 30.3 Å². The van der Waals surface area contributed by atoms with Crippen molar-refractivity contribution >= 4 is 16.2 Å². The monoisotopic (exact) mass is 314 g/mol. The molecule has 21 heavy (non-hydrogen) atoms. The maximum atomic E-state index is 12.2. The first-order valence-corrected chi connectivity index (χ1v) is 7.98. The van der Waals surface area contributed by atoms with Crippen molar-refractivity contribution in [3.05, 3.63) is 35.9 Å². The standard InChI is InChI=1S/C14H22N2O4S/c1-14(2,3)12(13(17)18)15-21(19,20)16(4)10-11-8-6-5-7-9-11/h5-9,12,15H,10H2,1-4H3,(H,17,18)/t12-/m0/s1. The summed E-state index contributed by atoms with van der Waals surface area (Å²) >= 11 is 0. The Morgan fingerprint density at radius 1 is 1.29 bits per heavy atom. The number of hydrogen-bond donors (Lipinski definition) is 2. The lowest BCUT2D eigenvalue weighted by molar-refractivity contribution is -0.141. The van der Waals surface area contributed by atoms with Crippen LogP contribution in [0.5, 0.6) is 0 Å². The first kappa shape index (κ1) is 17.6. The predicted octanol–water partition coefficient (Wildman–Crippen LogP) is 1.45. The molecule has 1 rings (SSSR count). The molecule has 1 aromatic carbocycles. The lowest BCUT2D eigenvalue weighted by atomic mass is 9.88. The average molecular weight is 314 g/mol. The van der Waals surface area contributed by atoms with Crippen LogP contribution >= 0.6 is 0 Å². The zero-order valence-corrected chi connectivity index (χ0v) is 13.5. The van der Waals surface area contributed by atoms with Gasteiger partial charge >= 0.3 is 5.97 Å². The Labute approximate surface area is 126 Å². The molecule has 1 atom stereocenters. The molecule has 0 bridgehead atoms. The van der Waals surface area contributed by atoms with Crippen molar-refractivity contribution in [3.8, 4) is 0 Å². The van der Waals surface area contributed by atoms with Crippen LogP contribution in [0, 0.1) is 5.41 Å². The molecule has 118 valence electrons. The van der Waals surface area contributed by atoms with Crippen molar-refractivity contribution in [2.24, 2.45) is 5.41 Å². The van der Waals surface area contributed by atoms with Gasteiger partial charge in [-0.3, -0.25) is 4.79 Å². The van der Waals surface area contributed by atoms with Crippen LogP contribution in [0.1, 0.15) is 26.3 Å². The molecule has 2 N–H and O–H groups in total. The quantitative estimate of drug-likeness (QED) is 0.832. The van der Waals surface area contributed by atoms with Crippen LogP contribution in [0.2, 0.25) is 0 Å². The van der Waals surface area contributed by atoms with Gasteiger partial charge in [-0.15, -0.1) is 0 Å². The fraction of sp³-hybridized carbons (Fsp3) is 0.500. The molecule has 0 spiro atoms. The van der Waals surface area contributed by atoms with E-state index in [4.69, 9.17) is 0 Å². The van der Waals surface area contributed by atoms with Crippen molar-refractivity contribution in [2.45, 2.75) is 33.4 Å². The van der Waals surface area contributed by atoms with Gasteiger partial charge in [-0.25, -0.2) is 0 Å². The summed E-state index contributed by atoms with van der Waals surface area (Å²) in [6.07, 6.45) is 0. The van der Waals surface area contributed by atoms with Gasteiger partial charge < -0.3 is 5.11 Å². The molecule has 0 heterocycles. The molecule has 7 heteroatoms. The topological polar surface area (TPSA) is 86.7 Å². The Morgan fingerprint density at radius 3 is 2.24 bits per heavy atom. The van der Waals surface area contributed by atoms with E-state index in [0.717, 1.165) is 9.87 Å². The minimum atomic E-state index is -3.88. The number of aliphatic carboxylic acids is 1. The molecule has 1 aromatic rings. The summed E-state index contributed by atoms with van der Waals surface area (Å²) in [5, 5.41) is 9.20. The zero-order valence-electron chi connectivity index (χ0n) is 12.7. The highest BCUT2D eigenvalue weighted by atomic mass is 32.2. The summed E-state index contributed by atoms with van der Waals surface area (Å²) in [6, 6.07) is 7.91. The predicted molar refractivity (Wildman–Crippen MR) is 80.8 cm³/mol. The highest BCUT2D eigenvalue weighted by Crippen LogP contribution is 2.21. The first-order valence-electron chi connectivity index (χ1n) is 6.54. The molecule has 0 amide bonds. The third kappa shape index (κ3) is 5.11. The van der Waals surface area contributed by atoms with Crippen molar-refractivity contribution in [2.75, 3.05) is 7.05 Å². The van der Waals surface area contributed by atoms with E-state index in [0.29, 0.717) is 0 Å². The van der Waals surface area contributed by atoms with Crippen molar-refractivity contribution in [1.29, 1.82) is 0 Å². The van der Waals surface area contributed by atoms with E-state index < -0.39 is 27.6 Å². The normalized spacial score (nSPS) is 14.1. The van der Waals surface area contributed by atoms with Gasteiger partial charge in [-0.05, 0) is 11.0 Å². The third-order valence-corrected chi connectivity index (χ3v) is 4.52. The maximum Gasteiger partial charge on any atom is 0.322 e. The molecule has 0 aromatic heterocycles. The van der Waals surface area contributed by atoms with Gasteiger partial charge in [0.1, 0.15) is 6.04 Å². The summed E-state index contributed by atoms with van der Waals surface area (Å²) in [4.78, 5) is 11.3. The van der Waals surface area contributed by atoms with Gasteiger partial charge in [0.05, 0.1) is 0 Å². The molecule has 0 saturated carbocycles.